The number of amides is 2. The van der Waals surface area contributed by atoms with Gasteiger partial charge in [0.1, 0.15) is 0 Å². The molecule has 0 atom stereocenters. The Morgan fingerprint density at radius 2 is 1.74 bits per heavy atom. The number of piperazine rings is 1. The second-order valence-corrected chi connectivity index (χ2v) is 6.68. The fraction of sp³-hybridized carbons (Fsp3) is 0.611. The maximum Gasteiger partial charge on any atom is 0.321 e. The molecule has 0 aromatic heterocycles. The van der Waals surface area contributed by atoms with E-state index in [4.69, 9.17) is 0 Å². The van der Waals surface area contributed by atoms with Crippen LogP contribution < -0.4 is 5.32 Å². The van der Waals surface area contributed by atoms with Gasteiger partial charge in [0.25, 0.3) is 0 Å². The fourth-order valence-electron chi connectivity index (χ4n) is 2.98. The molecule has 1 saturated heterocycles. The van der Waals surface area contributed by atoms with Gasteiger partial charge in [-0.15, -0.1) is 0 Å². The molecule has 2 rings (SSSR count). The summed E-state index contributed by atoms with van der Waals surface area (Å²) in [5.74, 6) is 0. The highest BCUT2D eigenvalue weighted by Gasteiger charge is 2.21. The number of urea groups is 1. The average molecular weight is 318 g/mol. The number of aryl methyl sites for hydroxylation is 2. The third-order valence-electron chi connectivity index (χ3n) is 4.45. The minimum Gasteiger partial charge on any atom is -0.322 e. The summed E-state index contributed by atoms with van der Waals surface area (Å²) in [5.41, 5.74) is 3.17. The summed E-state index contributed by atoms with van der Waals surface area (Å²) in [4.78, 5) is 19.1. The zero-order valence-electron chi connectivity index (χ0n) is 14.9. The summed E-state index contributed by atoms with van der Waals surface area (Å²) >= 11 is 0. The van der Waals surface area contributed by atoms with Gasteiger partial charge >= 0.3 is 6.03 Å². The fourth-order valence-corrected chi connectivity index (χ4v) is 2.98. The molecule has 1 aliphatic rings. The van der Waals surface area contributed by atoms with E-state index < -0.39 is 0 Å². The van der Waals surface area contributed by atoms with Crippen LogP contribution in [0.3, 0.4) is 0 Å². The topological polar surface area (TPSA) is 38.8 Å². The third-order valence-corrected chi connectivity index (χ3v) is 4.45. The van der Waals surface area contributed by atoms with Crippen molar-refractivity contribution in [3.63, 3.8) is 0 Å². The third kappa shape index (κ3) is 5.22. The molecule has 1 heterocycles. The minimum atomic E-state index is 0.0235. The molecular weight excluding hydrogens is 288 g/mol. The number of hydrogen-bond donors (Lipinski definition) is 1. The Kier molecular flexibility index (Phi) is 6.42. The highest BCUT2D eigenvalue weighted by Crippen LogP contribution is 2.20. The number of carbonyl (C=O) groups is 1. The van der Waals surface area contributed by atoms with Crippen LogP contribution >= 0.6 is 0 Å². The number of carbonyl (C=O) groups excluding carboxylic acids is 1. The molecule has 0 saturated carbocycles. The standard InChI is InChI=1S/C18H30N4O/c1-15-7-5-8-16(2)17(15)19-18(23)22-13-11-21(12-14-22)10-6-9-20(3)4/h5,7-8H,6,9-14H2,1-4H3,(H,19,23). The van der Waals surface area contributed by atoms with E-state index in [9.17, 15) is 4.79 Å². The molecule has 5 heteroatoms. The van der Waals surface area contributed by atoms with Gasteiger partial charge in [0, 0.05) is 31.9 Å². The predicted octanol–water partition coefficient (Wildman–Crippen LogP) is 2.40. The van der Waals surface area contributed by atoms with Gasteiger partial charge in [-0.25, -0.2) is 4.79 Å². The van der Waals surface area contributed by atoms with Gasteiger partial charge in [0.2, 0.25) is 0 Å². The largest absolute Gasteiger partial charge is 0.322 e. The van der Waals surface area contributed by atoms with Gasteiger partial charge in [0.05, 0.1) is 0 Å². The molecule has 1 N–H and O–H groups in total. The minimum absolute atomic E-state index is 0.0235. The normalized spacial score (nSPS) is 16.0. The van der Waals surface area contributed by atoms with Crippen molar-refractivity contribution in [2.45, 2.75) is 20.3 Å². The second-order valence-electron chi connectivity index (χ2n) is 6.68. The summed E-state index contributed by atoms with van der Waals surface area (Å²) in [6.45, 7) is 9.84. The van der Waals surface area contributed by atoms with Crippen LogP contribution in [0.5, 0.6) is 0 Å². The number of nitrogens with one attached hydrogen (secondary N) is 1. The first kappa shape index (κ1) is 17.8. The Balaban J connectivity index is 1.80. The van der Waals surface area contributed by atoms with Gasteiger partial charge < -0.3 is 15.1 Å². The molecule has 0 radical (unpaired) electrons. The molecule has 1 aliphatic heterocycles. The van der Waals surface area contributed by atoms with Gasteiger partial charge in [-0.05, 0) is 58.6 Å². The lowest BCUT2D eigenvalue weighted by molar-refractivity contribution is 0.144. The van der Waals surface area contributed by atoms with Crippen LogP contribution in [0.25, 0.3) is 0 Å². The van der Waals surface area contributed by atoms with Gasteiger partial charge in [0.15, 0.2) is 0 Å². The summed E-state index contributed by atoms with van der Waals surface area (Å²) < 4.78 is 0. The Morgan fingerprint density at radius 3 is 2.30 bits per heavy atom. The number of benzene rings is 1. The van der Waals surface area contributed by atoms with E-state index in [1.54, 1.807) is 0 Å². The van der Waals surface area contributed by atoms with Crippen LogP contribution in [0.4, 0.5) is 10.5 Å². The first-order chi connectivity index (χ1) is 11.0. The quantitative estimate of drug-likeness (QED) is 0.906. The lowest BCUT2D eigenvalue weighted by Crippen LogP contribution is -2.50. The number of para-hydroxylation sites is 1. The van der Waals surface area contributed by atoms with Crippen LogP contribution in [0.2, 0.25) is 0 Å². The van der Waals surface area contributed by atoms with E-state index in [2.05, 4.69) is 29.2 Å². The molecule has 128 valence electrons. The zero-order chi connectivity index (χ0) is 16.8. The molecule has 0 bridgehead atoms. The van der Waals surface area contributed by atoms with Crippen LogP contribution in [-0.4, -0.2) is 74.1 Å². The van der Waals surface area contributed by atoms with Crippen molar-refractivity contribution in [2.24, 2.45) is 0 Å². The average Bonchev–Trinajstić information content (AvgIpc) is 2.51. The van der Waals surface area contributed by atoms with Gasteiger partial charge in [-0.3, -0.25) is 4.90 Å². The van der Waals surface area contributed by atoms with E-state index in [-0.39, 0.29) is 6.03 Å². The number of rotatable bonds is 5. The maximum atomic E-state index is 12.5. The monoisotopic (exact) mass is 318 g/mol. The van der Waals surface area contributed by atoms with E-state index in [0.717, 1.165) is 56.1 Å². The molecule has 1 aromatic rings. The molecule has 5 nitrogen and oxygen atoms in total. The lowest BCUT2D eigenvalue weighted by Gasteiger charge is -2.35. The Hall–Kier alpha value is -1.59. The van der Waals surface area contributed by atoms with Crippen LogP contribution in [-0.2, 0) is 0 Å². The van der Waals surface area contributed by atoms with Crippen molar-refractivity contribution < 1.29 is 4.79 Å². The first-order valence-electron chi connectivity index (χ1n) is 8.46. The highest BCUT2D eigenvalue weighted by atomic mass is 16.2. The molecule has 0 unspecified atom stereocenters. The Labute approximate surface area is 140 Å². The summed E-state index contributed by atoms with van der Waals surface area (Å²) in [7, 11) is 4.21. The number of hydrogen-bond acceptors (Lipinski definition) is 3. The Morgan fingerprint density at radius 1 is 1.13 bits per heavy atom. The molecule has 1 aromatic carbocycles. The predicted molar refractivity (Wildman–Crippen MR) is 96.1 cm³/mol. The maximum absolute atomic E-state index is 12.5. The van der Waals surface area contributed by atoms with Gasteiger partial charge in [-0.2, -0.15) is 0 Å². The Bertz CT molecular complexity index is 502. The first-order valence-corrected chi connectivity index (χ1v) is 8.46. The summed E-state index contributed by atoms with van der Waals surface area (Å²) in [6.07, 6.45) is 1.18. The van der Waals surface area contributed by atoms with Crippen molar-refractivity contribution in [2.75, 3.05) is 58.7 Å². The summed E-state index contributed by atoms with van der Waals surface area (Å²) in [6, 6.07) is 6.11. The van der Waals surface area contributed by atoms with Crippen LogP contribution in [0, 0.1) is 13.8 Å². The molecule has 1 fully saturated rings. The molecule has 0 aliphatic carbocycles. The van der Waals surface area contributed by atoms with Crippen LogP contribution in [0.15, 0.2) is 18.2 Å². The molecule has 2 amide bonds. The number of anilines is 1. The van der Waals surface area contributed by atoms with Crippen molar-refractivity contribution in [1.29, 1.82) is 0 Å². The summed E-state index contributed by atoms with van der Waals surface area (Å²) in [5, 5.41) is 3.08. The van der Waals surface area contributed by atoms with Crippen molar-refractivity contribution in [3.05, 3.63) is 29.3 Å². The second kappa shape index (κ2) is 8.31. The highest BCUT2D eigenvalue weighted by molar-refractivity contribution is 5.91. The zero-order valence-corrected chi connectivity index (χ0v) is 14.9. The molecule has 0 spiro atoms. The van der Waals surface area contributed by atoms with Crippen LogP contribution in [0.1, 0.15) is 17.5 Å². The molecule has 23 heavy (non-hydrogen) atoms. The van der Waals surface area contributed by atoms with Crippen molar-refractivity contribution in [3.8, 4) is 0 Å². The van der Waals surface area contributed by atoms with Crippen molar-refractivity contribution >= 4 is 11.7 Å². The number of nitrogens with zero attached hydrogens (tertiary/aromatic N) is 3. The van der Waals surface area contributed by atoms with E-state index in [0.29, 0.717) is 0 Å². The SMILES string of the molecule is Cc1cccc(C)c1NC(=O)N1CCN(CCCN(C)C)CC1. The van der Waals surface area contributed by atoms with E-state index >= 15 is 0 Å². The van der Waals surface area contributed by atoms with Gasteiger partial charge in [-0.1, -0.05) is 18.2 Å². The van der Waals surface area contributed by atoms with Crippen molar-refractivity contribution in [1.82, 2.24) is 14.7 Å². The lowest BCUT2D eigenvalue weighted by atomic mass is 10.1. The van der Waals surface area contributed by atoms with E-state index in [1.807, 2.05) is 36.9 Å². The van der Waals surface area contributed by atoms with E-state index in [1.165, 1.54) is 6.42 Å². The molecular formula is C18H30N4O. The smallest absolute Gasteiger partial charge is 0.321 e.